The maximum atomic E-state index is 6.16. The largest absolute Gasteiger partial charge is 0.455 e. The van der Waals surface area contributed by atoms with Crippen molar-refractivity contribution in [3.05, 3.63) is 44.1 Å². The van der Waals surface area contributed by atoms with Gasteiger partial charge in [0.05, 0.1) is 5.02 Å². The number of ether oxygens (including phenoxy) is 1. The molecule has 0 fully saturated rings. The van der Waals surface area contributed by atoms with Gasteiger partial charge in [-0.05, 0) is 12.5 Å². The minimum absolute atomic E-state index is 0.225. The van der Waals surface area contributed by atoms with Gasteiger partial charge >= 0.3 is 0 Å². The van der Waals surface area contributed by atoms with E-state index in [0.29, 0.717) is 26.4 Å². The van der Waals surface area contributed by atoms with E-state index in [-0.39, 0.29) is 10.3 Å². The predicted molar refractivity (Wildman–Crippen MR) is 82.8 cm³/mol. The molecule has 2 aromatic rings. The lowest BCUT2D eigenvalue weighted by molar-refractivity contribution is 0.481. The summed E-state index contributed by atoms with van der Waals surface area (Å²) in [5.74, 6) is 0.792. The van der Waals surface area contributed by atoms with Crippen LogP contribution in [0.5, 0.6) is 11.5 Å². The van der Waals surface area contributed by atoms with Crippen LogP contribution >= 0.6 is 59.0 Å². The van der Waals surface area contributed by atoms with Crippen molar-refractivity contribution < 1.29 is 4.74 Å². The minimum atomic E-state index is 0.225. The summed E-state index contributed by atoms with van der Waals surface area (Å²) >= 11 is 28.1. The van der Waals surface area contributed by atoms with Crippen LogP contribution in [0.2, 0.25) is 20.4 Å². The third-order valence-corrected chi connectivity index (χ3v) is 4.21. The Kier molecular flexibility index (Phi) is 4.75. The first-order valence-corrected chi connectivity index (χ1v) is 7.03. The summed E-state index contributed by atoms with van der Waals surface area (Å²) in [7, 11) is 0. The van der Waals surface area contributed by atoms with Crippen LogP contribution in [0.25, 0.3) is 0 Å². The van der Waals surface area contributed by atoms with Crippen molar-refractivity contribution in [1.29, 1.82) is 0 Å². The summed E-state index contributed by atoms with van der Waals surface area (Å²) in [4.78, 5) is 4.39. The number of aromatic nitrogens is 1. The highest BCUT2D eigenvalue weighted by atomic mass is 35.5. The first kappa shape index (κ1) is 15.1. The summed E-state index contributed by atoms with van der Waals surface area (Å²) < 4.78 is 5.61. The quantitative estimate of drug-likeness (QED) is 0.521. The monoisotopic (exact) mass is 353 g/mol. The van der Waals surface area contributed by atoms with Gasteiger partial charge < -0.3 is 4.74 Å². The maximum absolute atomic E-state index is 6.16. The van der Waals surface area contributed by atoms with Crippen LogP contribution in [0, 0.1) is 6.92 Å². The second-order valence-electron chi connectivity index (χ2n) is 3.69. The van der Waals surface area contributed by atoms with Crippen molar-refractivity contribution in [2.45, 2.75) is 11.8 Å². The number of hydrogen-bond donors (Lipinski definition) is 1. The normalized spacial score (nSPS) is 10.6. The Balaban J connectivity index is 2.44. The van der Waals surface area contributed by atoms with Gasteiger partial charge in [0.1, 0.15) is 21.8 Å². The van der Waals surface area contributed by atoms with E-state index in [9.17, 15) is 0 Å². The fourth-order valence-electron chi connectivity index (χ4n) is 1.38. The first-order chi connectivity index (χ1) is 8.88. The molecule has 0 radical (unpaired) electrons. The molecule has 2 rings (SSSR count). The molecule has 0 bridgehead atoms. The van der Waals surface area contributed by atoms with Crippen LogP contribution in [-0.4, -0.2) is 4.98 Å². The van der Waals surface area contributed by atoms with Gasteiger partial charge in [-0.25, -0.2) is 4.98 Å². The zero-order valence-corrected chi connectivity index (χ0v) is 13.5. The minimum Gasteiger partial charge on any atom is -0.455 e. The Labute approximate surface area is 136 Å². The summed E-state index contributed by atoms with van der Waals surface area (Å²) in [6.45, 7) is 1.82. The SMILES string of the molecule is Cc1c(Cl)cc(Oc2cc(Cl)nc(Cl)c2)c(Cl)c1S. The first-order valence-electron chi connectivity index (χ1n) is 5.07. The molecule has 0 spiro atoms. The number of hydrogen-bond acceptors (Lipinski definition) is 3. The summed E-state index contributed by atoms with van der Waals surface area (Å²) in [6.07, 6.45) is 0. The van der Waals surface area contributed by atoms with E-state index >= 15 is 0 Å². The van der Waals surface area contributed by atoms with E-state index in [1.807, 2.05) is 6.92 Å². The molecule has 0 aliphatic carbocycles. The molecule has 19 heavy (non-hydrogen) atoms. The molecule has 0 aliphatic heterocycles. The van der Waals surface area contributed by atoms with Gasteiger partial charge in [0, 0.05) is 28.1 Å². The molecule has 0 aliphatic rings. The lowest BCUT2D eigenvalue weighted by atomic mass is 10.2. The highest BCUT2D eigenvalue weighted by Gasteiger charge is 2.13. The zero-order valence-electron chi connectivity index (χ0n) is 9.55. The molecule has 0 unspecified atom stereocenters. The number of benzene rings is 1. The van der Waals surface area contributed by atoms with E-state index in [0.717, 1.165) is 5.56 Å². The van der Waals surface area contributed by atoms with Gasteiger partial charge in [-0.1, -0.05) is 46.4 Å². The average Bonchev–Trinajstić information content (AvgIpc) is 2.32. The lowest BCUT2D eigenvalue weighted by Crippen LogP contribution is -1.90. The predicted octanol–water partition coefficient (Wildman–Crippen LogP) is 6.08. The van der Waals surface area contributed by atoms with Gasteiger partial charge in [0.15, 0.2) is 0 Å². The van der Waals surface area contributed by atoms with E-state index in [1.165, 1.54) is 12.1 Å². The Hall–Kier alpha value is -0.320. The fourth-order valence-corrected chi connectivity index (χ4v) is 2.55. The third kappa shape index (κ3) is 3.41. The maximum Gasteiger partial charge on any atom is 0.148 e. The number of pyridine rings is 1. The second kappa shape index (κ2) is 5.98. The highest BCUT2D eigenvalue weighted by Crippen LogP contribution is 2.40. The molecule has 2 nitrogen and oxygen atoms in total. The lowest BCUT2D eigenvalue weighted by Gasteiger charge is -2.12. The smallest absolute Gasteiger partial charge is 0.148 e. The summed E-state index contributed by atoms with van der Waals surface area (Å²) in [6, 6.07) is 4.66. The molecule has 1 aromatic heterocycles. The van der Waals surface area contributed by atoms with Crippen molar-refractivity contribution in [3.8, 4) is 11.5 Å². The molecule has 0 atom stereocenters. The van der Waals surface area contributed by atoms with Gasteiger partial charge in [-0.2, -0.15) is 0 Å². The van der Waals surface area contributed by atoms with Gasteiger partial charge in [0.2, 0.25) is 0 Å². The van der Waals surface area contributed by atoms with Crippen LogP contribution in [0.1, 0.15) is 5.56 Å². The number of nitrogens with zero attached hydrogens (tertiary/aromatic N) is 1. The Morgan fingerprint density at radius 2 is 1.63 bits per heavy atom. The standard InChI is InChI=1S/C12H7Cl4NOS/c1-5-7(13)4-8(11(16)12(5)19)18-6-2-9(14)17-10(15)3-6/h2-4,19H,1H3. The van der Waals surface area contributed by atoms with E-state index in [4.69, 9.17) is 51.1 Å². The van der Waals surface area contributed by atoms with Crippen molar-refractivity contribution in [1.82, 2.24) is 4.98 Å². The van der Waals surface area contributed by atoms with E-state index in [2.05, 4.69) is 17.6 Å². The average molecular weight is 355 g/mol. The van der Waals surface area contributed by atoms with Gasteiger partial charge in [-0.3, -0.25) is 0 Å². The third-order valence-electron chi connectivity index (χ3n) is 2.36. The zero-order chi connectivity index (χ0) is 14.2. The van der Waals surface area contributed by atoms with Crippen LogP contribution < -0.4 is 4.74 Å². The molecule has 7 heteroatoms. The van der Waals surface area contributed by atoms with Crippen molar-refractivity contribution in [3.63, 3.8) is 0 Å². The van der Waals surface area contributed by atoms with E-state index < -0.39 is 0 Å². The number of rotatable bonds is 2. The molecule has 1 aromatic carbocycles. The summed E-state index contributed by atoms with van der Waals surface area (Å²) in [5, 5.41) is 1.33. The molecule has 0 amide bonds. The van der Waals surface area contributed by atoms with Crippen molar-refractivity contribution >= 4 is 59.0 Å². The van der Waals surface area contributed by atoms with Crippen molar-refractivity contribution in [2.24, 2.45) is 0 Å². The van der Waals surface area contributed by atoms with Crippen LogP contribution in [0.4, 0.5) is 0 Å². The van der Waals surface area contributed by atoms with Crippen LogP contribution in [0.3, 0.4) is 0 Å². The molecule has 0 saturated heterocycles. The van der Waals surface area contributed by atoms with Gasteiger partial charge in [-0.15, -0.1) is 12.6 Å². The van der Waals surface area contributed by atoms with Crippen LogP contribution in [-0.2, 0) is 0 Å². The Morgan fingerprint density at radius 1 is 1.05 bits per heavy atom. The van der Waals surface area contributed by atoms with Crippen LogP contribution in [0.15, 0.2) is 23.1 Å². The Bertz CT molecular complexity index is 628. The number of thiol groups is 1. The second-order valence-corrected chi connectivity index (χ2v) is 5.70. The fraction of sp³-hybridized carbons (Fsp3) is 0.0833. The Morgan fingerprint density at radius 3 is 2.21 bits per heavy atom. The molecular weight excluding hydrogens is 348 g/mol. The molecule has 0 N–H and O–H groups in total. The topological polar surface area (TPSA) is 22.1 Å². The molecular formula is C12H7Cl4NOS. The molecule has 1 heterocycles. The molecule has 100 valence electrons. The highest BCUT2D eigenvalue weighted by molar-refractivity contribution is 7.80. The van der Waals surface area contributed by atoms with Crippen molar-refractivity contribution in [2.75, 3.05) is 0 Å². The van der Waals surface area contributed by atoms with E-state index in [1.54, 1.807) is 6.07 Å². The van der Waals surface area contributed by atoms with Gasteiger partial charge in [0.25, 0.3) is 0 Å². The summed E-state index contributed by atoms with van der Waals surface area (Å²) in [5.41, 5.74) is 0.785. The molecule has 0 saturated carbocycles. The number of halogens is 4.